The van der Waals surface area contributed by atoms with Gasteiger partial charge in [0.25, 0.3) is 0 Å². The van der Waals surface area contributed by atoms with Crippen LogP contribution in [0.15, 0.2) is 0 Å². The zero-order valence-electron chi connectivity index (χ0n) is 11.2. The summed E-state index contributed by atoms with van der Waals surface area (Å²) in [5.74, 6) is 0.731. The van der Waals surface area contributed by atoms with Gasteiger partial charge in [-0.2, -0.15) is 0 Å². The molecule has 0 aliphatic carbocycles. The Labute approximate surface area is 95.7 Å². The van der Waals surface area contributed by atoms with E-state index in [1.807, 2.05) is 0 Å². The van der Waals surface area contributed by atoms with Gasteiger partial charge in [0.1, 0.15) is 0 Å². The van der Waals surface area contributed by atoms with Gasteiger partial charge in [-0.25, -0.2) is 0 Å². The Kier molecular flexibility index (Phi) is 7.20. The molecule has 0 aromatic rings. The van der Waals surface area contributed by atoms with Gasteiger partial charge in [0.05, 0.1) is 0 Å². The quantitative estimate of drug-likeness (QED) is 0.673. The van der Waals surface area contributed by atoms with Crippen LogP contribution in [0.4, 0.5) is 0 Å². The van der Waals surface area contributed by atoms with E-state index in [0.717, 1.165) is 31.7 Å². The van der Waals surface area contributed by atoms with Crippen LogP contribution in [0, 0.1) is 11.3 Å². The maximum absolute atomic E-state index is 9.64. The van der Waals surface area contributed by atoms with Gasteiger partial charge in [0.15, 0.2) is 0 Å². The molecule has 15 heavy (non-hydrogen) atoms. The molecule has 0 aromatic heterocycles. The van der Waals surface area contributed by atoms with E-state index >= 15 is 0 Å². The molecule has 0 fully saturated rings. The van der Waals surface area contributed by atoms with Crippen molar-refractivity contribution in [3.05, 3.63) is 0 Å². The maximum atomic E-state index is 9.64. The molecule has 1 N–H and O–H groups in total. The fourth-order valence-corrected chi connectivity index (χ4v) is 2.29. The number of hydrogen-bond donors (Lipinski definition) is 1. The third kappa shape index (κ3) is 6.16. The van der Waals surface area contributed by atoms with E-state index in [4.69, 9.17) is 0 Å². The lowest BCUT2D eigenvalue weighted by Crippen LogP contribution is -2.37. The Bertz CT molecular complexity index is 157. The van der Waals surface area contributed by atoms with E-state index in [9.17, 15) is 5.11 Å². The zero-order chi connectivity index (χ0) is 11.9. The Hall–Kier alpha value is -0.0800. The molecule has 0 radical (unpaired) electrons. The molecule has 0 heterocycles. The molecule has 1 atom stereocenters. The fourth-order valence-electron chi connectivity index (χ4n) is 2.29. The molecule has 92 valence electrons. The number of nitrogens with zero attached hydrogens (tertiary/aromatic N) is 1. The molecule has 0 saturated carbocycles. The molecule has 0 saturated heterocycles. The predicted octanol–water partition coefficient (Wildman–Crippen LogP) is 2.76. The molecule has 0 aliphatic rings. The minimum atomic E-state index is 0.127. The average Bonchev–Trinajstić information content (AvgIpc) is 2.14. The van der Waals surface area contributed by atoms with Gasteiger partial charge in [0.2, 0.25) is 0 Å². The maximum Gasteiger partial charge on any atom is 0.0499 e. The van der Waals surface area contributed by atoms with Crippen molar-refractivity contribution in [2.45, 2.75) is 46.5 Å². The van der Waals surface area contributed by atoms with E-state index in [-0.39, 0.29) is 5.41 Å². The summed E-state index contributed by atoms with van der Waals surface area (Å²) in [6.07, 6.45) is 4.66. The second kappa shape index (κ2) is 7.24. The molecule has 0 amide bonds. The van der Waals surface area contributed by atoms with Gasteiger partial charge >= 0.3 is 0 Å². The van der Waals surface area contributed by atoms with Crippen molar-refractivity contribution in [3.63, 3.8) is 0 Å². The molecular formula is C13H29NO. The van der Waals surface area contributed by atoms with Gasteiger partial charge < -0.3 is 10.0 Å². The normalized spacial score (nSPS) is 16.0. The van der Waals surface area contributed by atoms with Gasteiger partial charge in [-0.05, 0) is 32.9 Å². The number of aliphatic hydroxyl groups is 1. The van der Waals surface area contributed by atoms with Gasteiger partial charge in [-0.3, -0.25) is 0 Å². The van der Waals surface area contributed by atoms with Gasteiger partial charge in [-0.15, -0.1) is 0 Å². The second-order valence-corrected chi connectivity index (χ2v) is 5.58. The Balaban J connectivity index is 4.35. The molecule has 0 bridgehead atoms. The third-order valence-corrected chi connectivity index (χ3v) is 3.02. The van der Waals surface area contributed by atoms with Crippen LogP contribution in [0.1, 0.15) is 46.5 Å². The van der Waals surface area contributed by atoms with Crippen molar-refractivity contribution in [2.24, 2.45) is 11.3 Å². The van der Waals surface area contributed by atoms with Crippen LogP contribution in [0.25, 0.3) is 0 Å². The third-order valence-electron chi connectivity index (χ3n) is 3.02. The van der Waals surface area contributed by atoms with Crippen LogP contribution in [0.3, 0.4) is 0 Å². The van der Waals surface area contributed by atoms with E-state index in [1.54, 1.807) is 0 Å². The van der Waals surface area contributed by atoms with Crippen LogP contribution in [0.2, 0.25) is 0 Å². The van der Waals surface area contributed by atoms with E-state index in [1.165, 1.54) is 6.42 Å². The van der Waals surface area contributed by atoms with Crippen LogP contribution >= 0.6 is 0 Å². The molecule has 1 unspecified atom stereocenters. The highest BCUT2D eigenvalue weighted by molar-refractivity contribution is 4.81. The summed E-state index contributed by atoms with van der Waals surface area (Å²) < 4.78 is 0. The van der Waals surface area contributed by atoms with E-state index in [2.05, 4.69) is 39.8 Å². The molecule has 0 spiro atoms. The Morgan fingerprint density at radius 3 is 2.13 bits per heavy atom. The Morgan fingerprint density at radius 2 is 1.80 bits per heavy atom. The van der Waals surface area contributed by atoms with Crippen molar-refractivity contribution < 1.29 is 5.11 Å². The number of aliphatic hydroxyl groups excluding tert-OH is 1. The van der Waals surface area contributed by atoms with Crippen molar-refractivity contribution in [2.75, 3.05) is 27.2 Å². The van der Waals surface area contributed by atoms with Crippen LogP contribution in [-0.4, -0.2) is 37.3 Å². The molecule has 0 aromatic carbocycles. The average molecular weight is 215 g/mol. The first-order valence-electron chi connectivity index (χ1n) is 6.21. The first-order valence-corrected chi connectivity index (χ1v) is 6.21. The first-order chi connectivity index (χ1) is 6.95. The summed E-state index contributed by atoms with van der Waals surface area (Å²) in [4.78, 5) is 2.20. The molecule has 2 heteroatoms. The monoisotopic (exact) mass is 215 g/mol. The predicted molar refractivity (Wildman–Crippen MR) is 67.1 cm³/mol. The Morgan fingerprint density at radius 1 is 1.20 bits per heavy atom. The van der Waals surface area contributed by atoms with Crippen molar-refractivity contribution in [3.8, 4) is 0 Å². The number of hydrogen-bond acceptors (Lipinski definition) is 2. The lowest BCUT2D eigenvalue weighted by Gasteiger charge is -2.35. The van der Waals surface area contributed by atoms with Gasteiger partial charge in [0, 0.05) is 18.6 Å². The minimum absolute atomic E-state index is 0.127. The smallest absolute Gasteiger partial charge is 0.0499 e. The van der Waals surface area contributed by atoms with E-state index in [0.29, 0.717) is 6.61 Å². The second-order valence-electron chi connectivity index (χ2n) is 5.58. The SMILES string of the molecule is CCCC(CO)(CCC(C)C)CN(C)C. The van der Waals surface area contributed by atoms with Crippen molar-refractivity contribution in [1.29, 1.82) is 0 Å². The summed E-state index contributed by atoms with van der Waals surface area (Å²) in [6, 6.07) is 0. The minimum Gasteiger partial charge on any atom is -0.396 e. The molecule has 0 aliphatic heterocycles. The molecule has 2 nitrogen and oxygen atoms in total. The molecule has 0 rings (SSSR count). The topological polar surface area (TPSA) is 23.5 Å². The summed E-state index contributed by atoms with van der Waals surface area (Å²) in [5.41, 5.74) is 0.127. The first kappa shape index (κ1) is 14.9. The standard InChI is InChI=1S/C13H29NO/c1-6-8-13(11-15,10-14(4)5)9-7-12(2)3/h12,15H,6-11H2,1-5H3. The van der Waals surface area contributed by atoms with E-state index < -0.39 is 0 Å². The summed E-state index contributed by atoms with van der Waals surface area (Å²) in [5, 5.41) is 9.64. The van der Waals surface area contributed by atoms with Crippen LogP contribution < -0.4 is 0 Å². The zero-order valence-corrected chi connectivity index (χ0v) is 11.2. The lowest BCUT2D eigenvalue weighted by atomic mass is 9.78. The summed E-state index contributed by atoms with van der Waals surface area (Å²) in [6.45, 7) is 8.04. The highest BCUT2D eigenvalue weighted by Crippen LogP contribution is 2.31. The highest BCUT2D eigenvalue weighted by Gasteiger charge is 2.28. The molecular weight excluding hydrogens is 186 g/mol. The van der Waals surface area contributed by atoms with Crippen molar-refractivity contribution in [1.82, 2.24) is 4.90 Å². The van der Waals surface area contributed by atoms with Crippen LogP contribution in [0.5, 0.6) is 0 Å². The summed E-state index contributed by atoms with van der Waals surface area (Å²) in [7, 11) is 4.19. The van der Waals surface area contributed by atoms with Gasteiger partial charge in [-0.1, -0.05) is 33.6 Å². The summed E-state index contributed by atoms with van der Waals surface area (Å²) >= 11 is 0. The largest absolute Gasteiger partial charge is 0.396 e. The van der Waals surface area contributed by atoms with Crippen molar-refractivity contribution >= 4 is 0 Å². The fraction of sp³-hybridized carbons (Fsp3) is 1.00. The van der Waals surface area contributed by atoms with Crippen LogP contribution in [-0.2, 0) is 0 Å². The number of rotatable bonds is 8. The lowest BCUT2D eigenvalue weighted by molar-refractivity contribution is 0.0685. The highest BCUT2D eigenvalue weighted by atomic mass is 16.3.